The third-order valence-corrected chi connectivity index (χ3v) is 7.30. The molecule has 0 aliphatic rings. The smallest absolute Gasteiger partial charge is 0.264 e. The van der Waals surface area contributed by atoms with Crippen LogP contribution in [0.5, 0.6) is 11.5 Å². The number of nitrogens with zero attached hydrogens (tertiary/aromatic N) is 1. The maximum Gasteiger partial charge on any atom is 0.264 e. The molecule has 1 amide bonds. The molecule has 0 fully saturated rings. The molecule has 34 heavy (non-hydrogen) atoms. The molecule has 3 aromatic rings. The van der Waals surface area contributed by atoms with Gasteiger partial charge >= 0.3 is 0 Å². The molecular weight excluding hydrogens is 476 g/mol. The maximum absolute atomic E-state index is 13.6. The van der Waals surface area contributed by atoms with E-state index < -0.39 is 28.5 Å². The van der Waals surface area contributed by atoms with Gasteiger partial charge in [0.15, 0.2) is 0 Å². The Morgan fingerprint density at radius 1 is 1.00 bits per heavy atom. The number of aryl methyl sites for hydroxylation is 1. The summed E-state index contributed by atoms with van der Waals surface area (Å²) < 4.78 is 39.0. The second kappa shape index (κ2) is 10.8. The number of halogens is 1. The lowest BCUT2D eigenvalue weighted by atomic mass is 10.1. The molecule has 3 aromatic carbocycles. The summed E-state index contributed by atoms with van der Waals surface area (Å²) in [5.41, 5.74) is 1.84. The van der Waals surface area contributed by atoms with Crippen molar-refractivity contribution in [1.29, 1.82) is 0 Å². The molecule has 0 aliphatic carbocycles. The van der Waals surface area contributed by atoms with E-state index in [1.165, 1.54) is 25.3 Å². The van der Waals surface area contributed by atoms with Crippen LogP contribution >= 0.6 is 11.6 Å². The van der Waals surface area contributed by atoms with Crippen molar-refractivity contribution >= 4 is 33.2 Å². The van der Waals surface area contributed by atoms with Crippen molar-refractivity contribution in [3.05, 3.63) is 82.9 Å². The summed E-state index contributed by atoms with van der Waals surface area (Å²) in [5, 5.41) is 3.17. The van der Waals surface area contributed by atoms with Crippen LogP contribution in [0.25, 0.3) is 0 Å². The van der Waals surface area contributed by atoms with Crippen LogP contribution in [0.15, 0.2) is 71.6 Å². The zero-order chi connectivity index (χ0) is 24.9. The first-order valence-electron chi connectivity index (χ1n) is 10.5. The van der Waals surface area contributed by atoms with Gasteiger partial charge in [-0.3, -0.25) is 9.10 Å². The molecule has 0 saturated heterocycles. The topological polar surface area (TPSA) is 84.9 Å². The molecule has 0 aromatic heterocycles. The van der Waals surface area contributed by atoms with Gasteiger partial charge in [0, 0.05) is 10.6 Å². The summed E-state index contributed by atoms with van der Waals surface area (Å²) in [6.07, 6.45) is 0. The quantitative estimate of drug-likeness (QED) is 0.457. The zero-order valence-electron chi connectivity index (χ0n) is 19.4. The third-order valence-electron chi connectivity index (χ3n) is 5.29. The van der Waals surface area contributed by atoms with Crippen molar-refractivity contribution in [3.8, 4) is 11.5 Å². The van der Waals surface area contributed by atoms with Crippen molar-refractivity contribution in [2.45, 2.75) is 24.8 Å². The molecule has 1 N–H and O–H groups in total. The van der Waals surface area contributed by atoms with E-state index >= 15 is 0 Å². The number of carbonyl (C=O) groups excluding carboxylic acids is 1. The summed E-state index contributed by atoms with van der Waals surface area (Å²) in [6, 6.07) is 17.9. The number of amides is 1. The molecule has 180 valence electrons. The minimum Gasteiger partial charge on any atom is -0.496 e. The van der Waals surface area contributed by atoms with Crippen LogP contribution in [0.3, 0.4) is 0 Å². The first kappa shape index (κ1) is 25.4. The van der Waals surface area contributed by atoms with Crippen molar-refractivity contribution in [2.24, 2.45) is 0 Å². The lowest BCUT2D eigenvalue weighted by Gasteiger charge is -2.27. The van der Waals surface area contributed by atoms with Gasteiger partial charge in [-0.2, -0.15) is 0 Å². The van der Waals surface area contributed by atoms with E-state index in [1.54, 1.807) is 44.4 Å². The second-order valence-electron chi connectivity index (χ2n) is 7.67. The fraction of sp³-hybridized carbons (Fsp3) is 0.240. The van der Waals surface area contributed by atoms with Crippen LogP contribution in [0.2, 0.25) is 5.02 Å². The standard InChI is InChI=1S/C25H27ClN2O5S/c1-17-9-12-20(13-10-17)34(30,31)28(22-15-19(26)11-14-24(22)33-4)16-25(29)27-18(2)21-7-5-6-8-23(21)32-3/h5-15,18H,16H2,1-4H3,(H,27,29)/t18-/m0/s1. The van der Waals surface area contributed by atoms with Gasteiger partial charge in [-0.05, 0) is 50.2 Å². The molecule has 0 bridgehead atoms. The third kappa shape index (κ3) is 5.63. The number of para-hydroxylation sites is 1. The minimum absolute atomic E-state index is 0.0469. The molecule has 0 radical (unpaired) electrons. The van der Waals surface area contributed by atoms with E-state index in [2.05, 4.69) is 5.32 Å². The van der Waals surface area contributed by atoms with E-state index in [-0.39, 0.29) is 16.3 Å². The first-order valence-corrected chi connectivity index (χ1v) is 12.3. The van der Waals surface area contributed by atoms with Gasteiger partial charge in [-0.15, -0.1) is 0 Å². The molecule has 9 heteroatoms. The Labute approximate surface area is 205 Å². The highest BCUT2D eigenvalue weighted by atomic mass is 35.5. The van der Waals surface area contributed by atoms with Gasteiger partial charge in [-0.25, -0.2) is 8.42 Å². The van der Waals surface area contributed by atoms with Crippen LogP contribution in [0.4, 0.5) is 5.69 Å². The summed E-state index contributed by atoms with van der Waals surface area (Å²) in [5.74, 6) is 0.387. The fourth-order valence-electron chi connectivity index (χ4n) is 3.51. The Balaban J connectivity index is 1.98. The van der Waals surface area contributed by atoms with Gasteiger partial charge in [0.05, 0.1) is 30.8 Å². The largest absolute Gasteiger partial charge is 0.496 e. The molecule has 1 atom stereocenters. The van der Waals surface area contributed by atoms with Crippen LogP contribution in [-0.2, 0) is 14.8 Å². The van der Waals surface area contributed by atoms with Crippen molar-refractivity contribution in [3.63, 3.8) is 0 Å². The SMILES string of the molecule is COc1ccccc1[C@H](C)NC(=O)CN(c1cc(Cl)ccc1OC)S(=O)(=O)c1ccc(C)cc1. The Morgan fingerprint density at radius 2 is 1.65 bits per heavy atom. The molecule has 7 nitrogen and oxygen atoms in total. The summed E-state index contributed by atoms with van der Waals surface area (Å²) in [4.78, 5) is 13.1. The lowest BCUT2D eigenvalue weighted by Crippen LogP contribution is -2.41. The van der Waals surface area contributed by atoms with Gasteiger partial charge in [0.1, 0.15) is 18.0 Å². The van der Waals surface area contributed by atoms with Gasteiger partial charge in [0.25, 0.3) is 10.0 Å². The minimum atomic E-state index is -4.12. The number of rotatable bonds is 9. The number of nitrogens with one attached hydrogen (secondary N) is 1. The molecule has 0 saturated carbocycles. The first-order chi connectivity index (χ1) is 16.2. The van der Waals surface area contributed by atoms with E-state index in [4.69, 9.17) is 21.1 Å². The van der Waals surface area contributed by atoms with Gasteiger partial charge in [-0.1, -0.05) is 47.5 Å². The number of sulfonamides is 1. The number of anilines is 1. The summed E-state index contributed by atoms with van der Waals surface area (Å²) in [7, 11) is -1.15. The average molecular weight is 503 g/mol. The Bertz CT molecular complexity index is 1260. The van der Waals surface area contributed by atoms with Crippen LogP contribution in [0, 0.1) is 6.92 Å². The van der Waals surface area contributed by atoms with Crippen molar-refractivity contribution < 1.29 is 22.7 Å². The average Bonchev–Trinajstić information content (AvgIpc) is 2.82. The second-order valence-corrected chi connectivity index (χ2v) is 9.97. The van der Waals surface area contributed by atoms with Crippen LogP contribution in [0.1, 0.15) is 24.1 Å². The predicted molar refractivity (Wildman–Crippen MR) is 133 cm³/mol. The number of ether oxygens (including phenoxy) is 2. The van der Waals surface area contributed by atoms with E-state index in [9.17, 15) is 13.2 Å². The summed E-state index contributed by atoms with van der Waals surface area (Å²) in [6.45, 7) is 3.18. The van der Waals surface area contributed by atoms with Crippen LogP contribution in [-0.4, -0.2) is 35.1 Å². The molecule has 0 spiro atoms. The maximum atomic E-state index is 13.6. The zero-order valence-corrected chi connectivity index (χ0v) is 21.0. The van der Waals surface area contributed by atoms with E-state index in [0.29, 0.717) is 10.8 Å². The number of benzene rings is 3. The summed E-state index contributed by atoms with van der Waals surface area (Å²) >= 11 is 6.18. The molecular formula is C25H27ClN2O5S. The van der Waals surface area contributed by atoms with E-state index in [0.717, 1.165) is 15.4 Å². The monoisotopic (exact) mass is 502 g/mol. The molecule has 0 unspecified atom stereocenters. The molecule has 0 aliphatic heterocycles. The highest BCUT2D eigenvalue weighted by molar-refractivity contribution is 7.92. The number of hydrogen-bond acceptors (Lipinski definition) is 5. The molecule has 3 rings (SSSR count). The lowest BCUT2D eigenvalue weighted by molar-refractivity contribution is -0.120. The normalized spacial score (nSPS) is 12.0. The number of methoxy groups -OCH3 is 2. The van der Waals surface area contributed by atoms with Gasteiger partial charge in [0.2, 0.25) is 5.91 Å². The molecule has 0 heterocycles. The van der Waals surface area contributed by atoms with Crippen molar-refractivity contribution in [2.75, 3.05) is 25.1 Å². The highest BCUT2D eigenvalue weighted by Gasteiger charge is 2.30. The highest BCUT2D eigenvalue weighted by Crippen LogP contribution is 2.35. The predicted octanol–water partition coefficient (Wildman–Crippen LogP) is 4.74. The van der Waals surface area contributed by atoms with Crippen LogP contribution < -0.4 is 19.1 Å². The number of hydrogen-bond donors (Lipinski definition) is 1. The number of carbonyl (C=O) groups is 1. The Kier molecular flexibility index (Phi) is 8.06. The van der Waals surface area contributed by atoms with Gasteiger partial charge < -0.3 is 14.8 Å². The Hall–Kier alpha value is -3.23. The van der Waals surface area contributed by atoms with E-state index in [1.807, 2.05) is 25.1 Å². The fourth-order valence-corrected chi connectivity index (χ4v) is 5.10. The van der Waals surface area contributed by atoms with Crippen molar-refractivity contribution in [1.82, 2.24) is 5.32 Å². The Morgan fingerprint density at radius 3 is 2.29 bits per heavy atom.